The fraction of sp³-hybridized carbons (Fsp3) is 1.00. The topological polar surface area (TPSA) is 43.7 Å². The van der Waals surface area contributed by atoms with Crippen molar-refractivity contribution in [1.82, 2.24) is 4.90 Å². The molecule has 72 valence electrons. The van der Waals surface area contributed by atoms with E-state index in [1.165, 1.54) is 0 Å². The van der Waals surface area contributed by atoms with Gasteiger partial charge in [0.1, 0.15) is 0 Å². The summed E-state index contributed by atoms with van der Waals surface area (Å²) in [6.07, 6.45) is 1.38. The van der Waals surface area contributed by atoms with Crippen LogP contribution in [0.1, 0.15) is 26.7 Å². The molecule has 0 amide bonds. The highest BCUT2D eigenvalue weighted by Gasteiger charge is 2.27. The van der Waals surface area contributed by atoms with Gasteiger partial charge in [0.25, 0.3) is 0 Å². The Morgan fingerprint density at radius 1 is 1.42 bits per heavy atom. The van der Waals surface area contributed by atoms with Gasteiger partial charge in [-0.05, 0) is 26.7 Å². The summed E-state index contributed by atoms with van der Waals surface area (Å²) in [7, 11) is 0. The predicted molar refractivity (Wildman–Crippen MR) is 48.0 cm³/mol. The summed E-state index contributed by atoms with van der Waals surface area (Å²) in [6, 6.07) is 0. The maximum atomic E-state index is 9.64. The summed E-state index contributed by atoms with van der Waals surface area (Å²) in [5, 5.41) is 18.8. The number of nitrogens with zero attached hydrogens (tertiary/aromatic N) is 1. The maximum Gasteiger partial charge on any atom is 0.0644 e. The van der Waals surface area contributed by atoms with E-state index in [4.69, 9.17) is 5.11 Å². The van der Waals surface area contributed by atoms with Gasteiger partial charge in [0.2, 0.25) is 0 Å². The molecule has 0 bridgehead atoms. The molecule has 1 fully saturated rings. The highest BCUT2D eigenvalue weighted by Crippen LogP contribution is 2.20. The van der Waals surface area contributed by atoms with E-state index in [2.05, 4.69) is 4.90 Å². The van der Waals surface area contributed by atoms with Crippen molar-refractivity contribution in [3.8, 4) is 0 Å². The van der Waals surface area contributed by atoms with Crippen molar-refractivity contribution >= 4 is 0 Å². The maximum absolute atomic E-state index is 9.64. The van der Waals surface area contributed by atoms with Crippen LogP contribution in [-0.4, -0.2) is 46.5 Å². The minimum Gasteiger partial charge on any atom is -0.392 e. The molecular weight excluding hydrogens is 154 g/mol. The molecular formula is C9H19NO2. The molecule has 12 heavy (non-hydrogen) atoms. The van der Waals surface area contributed by atoms with E-state index in [0.717, 1.165) is 32.5 Å². The van der Waals surface area contributed by atoms with E-state index >= 15 is 0 Å². The number of piperidine rings is 1. The monoisotopic (exact) mass is 173 g/mol. The molecule has 1 aliphatic rings. The van der Waals surface area contributed by atoms with Crippen molar-refractivity contribution in [2.45, 2.75) is 38.4 Å². The quantitative estimate of drug-likeness (QED) is 0.627. The zero-order valence-corrected chi connectivity index (χ0v) is 7.95. The van der Waals surface area contributed by atoms with E-state index in [0.29, 0.717) is 0 Å². The summed E-state index contributed by atoms with van der Waals surface area (Å²) < 4.78 is 0. The third kappa shape index (κ3) is 3.09. The van der Waals surface area contributed by atoms with Crippen molar-refractivity contribution in [1.29, 1.82) is 0 Å². The molecule has 0 aliphatic carbocycles. The van der Waals surface area contributed by atoms with Crippen molar-refractivity contribution in [2.24, 2.45) is 0 Å². The van der Waals surface area contributed by atoms with Crippen molar-refractivity contribution < 1.29 is 10.2 Å². The summed E-state index contributed by atoms with van der Waals surface area (Å²) in [4.78, 5) is 2.20. The molecule has 1 saturated heterocycles. The number of aliphatic hydroxyl groups excluding tert-OH is 1. The largest absolute Gasteiger partial charge is 0.392 e. The van der Waals surface area contributed by atoms with Crippen LogP contribution in [0.25, 0.3) is 0 Å². The van der Waals surface area contributed by atoms with Crippen LogP contribution in [0.4, 0.5) is 0 Å². The Balaban J connectivity index is 2.27. The highest BCUT2D eigenvalue weighted by atomic mass is 16.3. The van der Waals surface area contributed by atoms with Gasteiger partial charge in [0.05, 0.1) is 11.7 Å². The van der Waals surface area contributed by atoms with E-state index < -0.39 is 5.60 Å². The van der Waals surface area contributed by atoms with E-state index in [1.807, 2.05) is 6.92 Å². The number of β-amino-alcohol motifs (C(OH)–C–C–N with tert-alkyl or cyclic N) is 1. The average molecular weight is 173 g/mol. The van der Waals surface area contributed by atoms with Crippen LogP contribution in [0.15, 0.2) is 0 Å². The summed E-state index contributed by atoms with van der Waals surface area (Å²) >= 11 is 0. The van der Waals surface area contributed by atoms with Crippen LogP contribution in [-0.2, 0) is 0 Å². The Hall–Kier alpha value is -0.120. The second-order valence-electron chi connectivity index (χ2n) is 4.15. The lowest BCUT2D eigenvalue weighted by Crippen LogP contribution is -2.44. The molecule has 1 aliphatic heterocycles. The molecule has 0 saturated carbocycles. The Morgan fingerprint density at radius 3 is 2.33 bits per heavy atom. The number of rotatable bonds is 2. The predicted octanol–water partition coefficient (Wildman–Crippen LogP) is 0.214. The van der Waals surface area contributed by atoms with Crippen molar-refractivity contribution in [3.05, 3.63) is 0 Å². The molecule has 2 N–H and O–H groups in total. The Bertz CT molecular complexity index is 135. The smallest absolute Gasteiger partial charge is 0.0644 e. The first kappa shape index (κ1) is 9.96. The Morgan fingerprint density at radius 2 is 1.92 bits per heavy atom. The summed E-state index contributed by atoms with van der Waals surface area (Å²) in [6.45, 7) is 6.21. The molecule has 1 rings (SSSR count). The number of likely N-dealkylation sites (tertiary alicyclic amines) is 1. The lowest BCUT2D eigenvalue weighted by atomic mass is 9.94. The van der Waals surface area contributed by atoms with Gasteiger partial charge in [-0.2, -0.15) is 0 Å². The van der Waals surface area contributed by atoms with Gasteiger partial charge in [-0.3, -0.25) is 0 Å². The SMILES string of the molecule is CC(O)CN1CCC(C)(O)CC1. The lowest BCUT2D eigenvalue weighted by molar-refractivity contribution is -0.0143. The Labute approximate surface area is 74.0 Å². The first-order valence-electron chi connectivity index (χ1n) is 4.62. The molecule has 0 aromatic rings. The number of hydrogen-bond acceptors (Lipinski definition) is 3. The van der Waals surface area contributed by atoms with Gasteiger partial charge in [-0.1, -0.05) is 0 Å². The van der Waals surface area contributed by atoms with Crippen molar-refractivity contribution in [2.75, 3.05) is 19.6 Å². The highest BCUT2D eigenvalue weighted by molar-refractivity contribution is 4.81. The van der Waals surface area contributed by atoms with E-state index in [-0.39, 0.29) is 6.10 Å². The van der Waals surface area contributed by atoms with Gasteiger partial charge in [-0.15, -0.1) is 0 Å². The molecule has 1 atom stereocenters. The zero-order valence-electron chi connectivity index (χ0n) is 7.95. The van der Waals surface area contributed by atoms with Crippen molar-refractivity contribution in [3.63, 3.8) is 0 Å². The van der Waals surface area contributed by atoms with Crippen LogP contribution in [0.5, 0.6) is 0 Å². The molecule has 0 aromatic carbocycles. The number of hydrogen-bond donors (Lipinski definition) is 2. The molecule has 3 nitrogen and oxygen atoms in total. The third-order valence-corrected chi connectivity index (χ3v) is 2.46. The van der Waals surface area contributed by atoms with Gasteiger partial charge in [0, 0.05) is 19.6 Å². The fourth-order valence-corrected chi connectivity index (χ4v) is 1.59. The van der Waals surface area contributed by atoms with Crippen LogP contribution in [0, 0.1) is 0 Å². The fourth-order valence-electron chi connectivity index (χ4n) is 1.59. The van der Waals surface area contributed by atoms with Gasteiger partial charge in [0.15, 0.2) is 0 Å². The van der Waals surface area contributed by atoms with Crippen LogP contribution in [0.3, 0.4) is 0 Å². The molecule has 0 radical (unpaired) electrons. The first-order valence-corrected chi connectivity index (χ1v) is 4.62. The van der Waals surface area contributed by atoms with Gasteiger partial charge >= 0.3 is 0 Å². The van der Waals surface area contributed by atoms with Crippen LogP contribution >= 0.6 is 0 Å². The molecule has 3 heteroatoms. The Kier molecular flexibility index (Phi) is 3.09. The van der Waals surface area contributed by atoms with Crippen LogP contribution < -0.4 is 0 Å². The molecule has 1 heterocycles. The van der Waals surface area contributed by atoms with Crippen LogP contribution in [0.2, 0.25) is 0 Å². The third-order valence-electron chi connectivity index (χ3n) is 2.46. The average Bonchev–Trinajstić information content (AvgIpc) is 1.93. The summed E-state index contributed by atoms with van der Waals surface area (Å²) in [5.41, 5.74) is -0.477. The lowest BCUT2D eigenvalue weighted by Gasteiger charge is -2.36. The minimum absolute atomic E-state index is 0.256. The first-order chi connectivity index (χ1) is 5.49. The van der Waals surface area contributed by atoms with E-state index in [1.54, 1.807) is 6.92 Å². The normalized spacial score (nSPS) is 27.0. The molecule has 0 aromatic heterocycles. The summed E-state index contributed by atoms with van der Waals surface area (Å²) in [5.74, 6) is 0. The van der Waals surface area contributed by atoms with Gasteiger partial charge < -0.3 is 15.1 Å². The number of aliphatic hydroxyl groups is 2. The molecule has 1 unspecified atom stereocenters. The minimum atomic E-state index is -0.477. The zero-order chi connectivity index (χ0) is 9.19. The standard InChI is InChI=1S/C9H19NO2/c1-8(11)7-10-5-3-9(2,12)4-6-10/h8,11-12H,3-7H2,1-2H3. The molecule has 0 spiro atoms. The second kappa shape index (κ2) is 3.73. The second-order valence-corrected chi connectivity index (χ2v) is 4.15. The van der Waals surface area contributed by atoms with Gasteiger partial charge in [-0.25, -0.2) is 0 Å². The van der Waals surface area contributed by atoms with E-state index in [9.17, 15) is 5.11 Å².